The molecule has 120 heavy (non-hydrogen) atoms. The molecule has 4 aromatic heterocycles. The predicted octanol–water partition coefficient (Wildman–Crippen LogP) is 28.6. The van der Waals surface area contributed by atoms with E-state index >= 15 is 0 Å². The maximum Gasteiger partial charge on any atom is 0.102 e. The van der Waals surface area contributed by atoms with Crippen molar-refractivity contribution in [3.05, 3.63) is 423 Å². The lowest BCUT2D eigenvalue weighted by Gasteiger charge is -2.24. The topological polar surface area (TPSA) is 115 Å². The van der Waals surface area contributed by atoms with Crippen molar-refractivity contribution >= 4 is 87.2 Å². The molecule has 0 unspecified atom stereocenters. The number of fused-ring (bicyclic) bond motifs is 12. The van der Waals surface area contributed by atoms with Crippen LogP contribution in [0.25, 0.3) is 210 Å². The minimum Gasteiger partial charge on any atom is -0.308 e. The molecule has 0 bridgehead atoms. The summed E-state index contributed by atoms with van der Waals surface area (Å²) in [7, 11) is 0. The molecule has 0 radical (unpaired) electrons. The van der Waals surface area contributed by atoms with Crippen molar-refractivity contribution in [3.63, 3.8) is 0 Å². The Balaban J connectivity index is 0.932. The quantitative estimate of drug-likeness (QED) is 0.114. The van der Waals surface area contributed by atoms with Crippen LogP contribution < -0.4 is 0 Å². The van der Waals surface area contributed by atoms with E-state index in [2.05, 4.69) is 382 Å². The molecule has 4 heterocycles. The van der Waals surface area contributed by atoms with Gasteiger partial charge in [-0.1, -0.05) is 291 Å². The SMILES string of the molecule is N#Cc1c(-n2c3ccc(-c4ccccc4)cc3c3cc(-c4ccccc4)ccc32)cc(-n2c3ccc(-c4ccccc4)cc3c3cc(-c4ccccc4)ccc32)c(C#N)c1-c1c(C#N)c(-n2c3ccc(-c4ccccc4)cc3c3cc(-c4ccccc4)ccc32)cc(-n2c3ccc(-c4ccccc4)cc3c3cc(-c4ccccc4)ccc32)c1C#N. The molecule has 0 fully saturated rings. The van der Waals surface area contributed by atoms with Gasteiger partial charge in [-0.3, -0.25) is 0 Å². The number of hydrogen-bond acceptors (Lipinski definition) is 4. The first-order valence-electron chi connectivity index (χ1n) is 40.2. The average molecular weight is 1520 g/mol. The van der Waals surface area contributed by atoms with Gasteiger partial charge in [-0.05, 0) is 198 Å². The van der Waals surface area contributed by atoms with Crippen molar-refractivity contribution in [3.8, 4) is 147 Å². The molecular formula is C112H66N8. The molecule has 0 atom stereocenters. The van der Waals surface area contributed by atoms with Crippen LogP contribution in [0.4, 0.5) is 0 Å². The molecular weight excluding hydrogens is 1460 g/mol. The van der Waals surface area contributed by atoms with Crippen LogP contribution in [0, 0.1) is 45.3 Å². The second-order valence-electron chi connectivity index (χ2n) is 30.7. The smallest absolute Gasteiger partial charge is 0.102 e. The first kappa shape index (κ1) is 69.8. The van der Waals surface area contributed by atoms with Crippen LogP contribution in [0.15, 0.2) is 400 Å². The highest BCUT2D eigenvalue weighted by Crippen LogP contribution is 2.51. The van der Waals surface area contributed by atoms with Gasteiger partial charge in [0.05, 0.1) is 89.1 Å². The summed E-state index contributed by atoms with van der Waals surface area (Å²) in [6.07, 6.45) is 0. The zero-order chi connectivity index (χ0) is 80.1. The lowest BCUT2D eigenvalue weighted by atomic mass is 9.85. The maximum absolute atomic E-state index is 13.2. The molecule has 18 aromatic carbocycles. The molecule has 0 spiro atoms. The lowest BCUT2D eigenvalue weighted by molar-refractivity contribution is 1.11. The van der Waals surface area contributed by atoms with Gasteiger partial charge in [0.2, 0.25) is 0 Å². The molecule has 8 nitrogen and oxygen atoms in total. The number of nitrogens with zero attached hydrogens (tertiary/aromatic N) is 8. The van der Waals surface area contributed by atoms with Crippen LogP contribution in [0.1, 0.15) is 22.3 Å². The summed E-state index contributed by atoms with van der Waals surface area (Å²) in [6, 6.07) is 150. The van der Waals surface area contributed by atoms with E-state index in [1.165, 1.54) is 0 Å². The summed E-state index contributed by atoms with van der Waals surface area (Å²) in [6.45, 7) is 0. The number of rotatable bonds is 13. The van der Waals surface area contributed by atoms with E-state index < -0.39 is 0 Å². The van der Waals surface area contributed by atoms with Gasteiger partial charge < -0.3 is 18.3 Å². The molecule has 8 heteroatoms. The highest BCUT2D eigenvalue weighted by atomic mass is 15.0. The van der Waals surface area contributed by atoms with Gasteiger partial charge in [-0.15, -0.1) is 0 Å². The average Bonchev–Trinajstić information content (AvgIpc) is 1.68. The van der Waals surface area contributed by atoms with E-state index in [9.17, 15) is 21.0 Å². The van der Waals surface area contributed by atoms with Crippen LogP contribution in [0.2, 0.25) is 0 Å². The molecule has 0 aliphatic heterocycles. The van der Waals surface area contributed by atoms with E-state index in [0.29, 0.717) is 22.7 Å². The fourth-order valence-corrected chi connectivity index (χ4v) is 18.6. The first-order valence-corrected chi connectivity index (χ1v) is 40.2. The third-order valence-electron chi connectivity index (χ3n) is 24.1. The lowest BCUT2D eigenvalue weighted by Crippen LogP contribution is -2.11. The molecule has 22 aromatic rings. The van der Waals surface area contributed by atoms with E-state index in [1.54, 1.807) is 0 Å². The second kappa shape index (κ2) is 28.6. The zero-order valence-corrected chi connectivity index (χ0v) is 64.7. The highest BCUT2D eigenvalue weighted by Gasteiger charge is 2.34. The predicted molar refractivity (Wildman–Crippen MR) is 492 cm³/mol. The van der Waals surface area contributed by atoms with Gasteiger partial charge >= 0.3 is 0 Å². The largest absolute Gasteiger partial charge is 0.308 e. The maximum atomic E-state index is 13.2. The minimum absolute atomic E-state index is 0.0763. The molecule has 22 rings (SSSR count). The van der Waals surface area contributed by atoms with Crippen LogP contribution in [0.5, 0.6) is 0 Å². The van der Waals surface area contributed by atoms with Gasteiger partial charge in [0.25, 0.3) is 0 Å². The van der Waals surface area contributed by atoms with Gasteiger partial charge in [0.15, 0.2) is 0 Å². The Morgan fingerprint density at radius 3 is 0.400 bits per heavy atom. The van der Waals surface area contributed by atoms with E-state index in [-0.39, 0.29) is 33.4 Å². The highest BCUT2D eigenvalue weighted by molar-refractivity contribution is 6.17. The van der Waals surface area contributed by atoms with Gasteiger partial charge in [-0.25, -0.2) is 0 Å². The van der Waals surface area contributed by atoms with Gasteiger partial charge in [-0.2, -0.15) is 21.0 Å². The molecule has 0 aliphatic rings. The first-order chi connectivity index (χ1) is 59.4. The Labute approximate surface area is 691 Å². The normalized spacial score (nSPS) is 11.5. The number of aromatic nitrogens is 4. The van der Waals surface area contributed by atoms with Crippen molar-refractivity contribution in [2.24, 2.45) is 0 Å². The van der Waals surface area contributed by atoms with E-state index in [0.717, 1.165) is 176 Å². The Morgan fingerprint density at radius 2 is 0.275 bits per heavy atom. The zero-order valence-electron chi connectivity index (χ0n) is 64.7. The monoisotopic (exact) mass is 1520 g/mol. The number of nitriles is 4. The van der Waals surface area contributed by atoms with Crippen LogP contribution >= 0.6 is 0 Å². The molecule has 0 N–H and O–H groups in total. The summed E-state index contributed by atoms with van der Waals surface area (Å²) in [4.78, 5) is 0. The Hall–Kier alpha value is -16.9. The second-order valence-corrected chi connectivity index (χ2v) is 30.7. The fraction of sp³-hybridized carbons (Fsp3) is 0. The minimum atomic E-state index is 0.0763. The summed E-state index contributed by atoms with van der Waals surface area (Å²) >= 11 is 0. The van der Waals surface area contributed by atoms with Crippen LogP contribution in [-0.2, 0) is 0 Å². The van der Waals surface area contributed by atoms with Crippen LogP contribution in [-0.4, -0.2) is 18.3 Å². The van der Waals surface area contributed by atoms with Crippen LogP contribution in [0.3, 0.4) is 0 Å². The van der Waals surface area contributed by atoms with Crippen molar-refractivity contribution in [2.45, 2.75) is 0 Å². The Kier molecular flexibility index (Phi) is 16.6. The number of benzene rings is 18. The summed E-state index contributed by atoms with van der Waals surface area (Å²) in [5, 5.41) is 60.1. The third kappa shape index (κ3) is 11.3. The fourth-order valence-electron chi connectivity index (χ4n) is 18.6. The molecule has 0 saturated carbocycles. The van der Waals surface area contributed by atoms with E-state index in [1.807, 2.05) is 60.7 Å². The van der Waals surface area contributed by atoms with Gasteiger partial charge in [0.1, 0.15) is 24.3 Å². The standard InChI is InChI=1S/C112H66N8/c113-67-95-107(117-99-49-41-79(71-25-9-1-10-26-71)57-87(99)88-58-80(42-50-100(88)117)72-27-11-2-12-28-72)65-108(118-101-51-43-81(73-29-13-3-14-30-73)59-89(101)90-60-82(44-52-102(90)118)74-31-15-4-16-32-74)96(68-114)111(95)112-97(69-115)109(119-103-53-45-83(75-33-17-5-18-34-75)61-91(103)92-62-84(46-54-104(92)119)76-35-19-6-20-36-76)66-110(98(112)70-116)120-105-55-47-85(77-37-21-7-22-38-77)63-93(105)94-64-86(48-56-106(94)120)78-39-23-8-24-40-78/h1-66H. The van der Waals surface area contributed by atoms with Gasteiger partial charge in [0, 0.05) is 54.2 Å². The third-order valence-corrected chi connectivity index (χ3v) is 24.1. The molecule has 0 saturated heterocycles. The molecule has 0 amide bonds. The molecule has 554 valence electrons. The molecule has 0 aliphatic carbocycles. The van der Waals surface area contributed by atoms with E-state index in [4.69, 9.17) is 0 Å². The summed E-state index contributed by atoms with van der Waals surface area (Å²) in [5.41, 5.74) is 24.8. The number of hydrogen-bond donors (Lipinski definition) is 0. The van der Waals surface area contributed by atoms with Crippen molar-refractivity contribution in [1.29, 1.82) is 21.0 Å². The van der Waals surface area contributed by atoms with Crippen molar-refractivity contribution in [1.82, 2.24) is 18.3 Å². The Morgan fingerprint density at radius 1 is 0.142 bits per heavy atom. The summed E-state index contributed by atoms with van der Waals surface area (Å²) in [5.74, 6) is 0. The van der Waals surface area contributed by atoms with Crippen molar-refractivity contribution < 1.29 is 0 Å². The van der Waals surface area contributed by atoms with Crippen molar-refractivity contribution in [2.75, 3.05) is 0 Å². The Bertz CT molecular complexity index is 6790. The summed E-state index contributed by atoms with van der Waals surface area (Å²) < 4.78 is 8.67.